The Morgan fingerprint density at radius 1 is 1.22 bits per heavy atom. The second-order valence-corrected chi connectivity index (χ2v) is 5.05. The van der Waals surface area contributed by atoms with Gasteiger partial charge in [0.15, 0.2) is 0 Å². The summed E-state index contributed by atoms with van der Waals surface area (Å²) in [6, 6.07) is 2.01. The fourth-order valence-corrected chi connectivity index (χ4v) is 2.47. The SMILES string of the molecule is CCNc1cc(CC)nc(Cc2nc(C)cs2)n1. The Morgan fingerprint density at radius 3 is 2.67 bits per heavy atom. The molecule has 0 unspecified atom stereocenters. The van der Waals surface area contributed by atoms with Crippen LogP contribution in [0.25, 0.3) is 0 Å². The van der Waals surface area contributed by atoms with Crippen LogP contribution in [0, 0.1) is 6.92 Å². The van der Waals surface area contributed by atoms with Crippen molar-refractivity contribution < 1.29 is 0 Å². The molecule has 0 aliphatic carbocycles. The molecule has 0 fully saturated rings. The summed E-state index contributed by atoms with van der Waals surface area (Å²) in [6.07, 6.45) is 1.63. The Morgan fingerprint density at radius 2 is 2.06 bits per heavy atom. The summed E-state index contributed by atoms with van der Waals surface area (Å²) in [5.41, 5.74) is 2.14. The van der Waals surface area contributed by atoms with E-state index >= 15 is 0 Å². The Bertz CT molecular complexity index is 521. The maximum absolute atomic E-state index is 4.55. The third-order valence-corrected chi connectivity index (χ3v) is 3.49. The van der Waals surface area contributed by atoms with Crippen LogP contribution < -0.4 is 5.32 Å². The van der Waals surface area contributed by atoms with Crippen LogP contribution in [-0.2, 0) is 12.8 Å². The summed E-state index contributed by atoms with van der Waals surface area (Å²) >= 11 is 1.67. The van der Waals surface area contributed by atoms with Crippen molar-refractivity contribution in [2.24, 2.45) is 0 Å². The number of rotatable bonds is 5. The molecule has 0 amide bonds. The van der Waals surface area contributed by atoms with E-state index in [0.717, 1.165) is 41.0 Å². The van der Waals surface area contributed by atoms with E-state index in [1.54, 1.807) is 11.3 Å². The van der Waals surface area contributed by atoms with Crippen LogP contribution in [-0.4, -0.2) is 21.5 Å². The first-order valence-corrected chi connectivity index (χ1v) is 7.11. The number of thiazole rings is 1. The van der Waals surface area contributed by atoms with Crippen molar-refractivity contribution in [1.29, 1.82) is 0 Å². The maximum Gasteiger partial charge on any atom is 0.137 e. The van der Waals surface area contributed by atoms with E-state index in [2.05, 4.69) is 39.5 Å². The highest BCUT2D eigenvalue weighted by Crippen LogP contribution is 2.14. The first kappa shape index (κ1) is 13.0. The van der Waals surface area contributed by atoms with Gasteiger partial charge >= 0.3 is 0 Å². The van der Waals surface area contributed by atoms with Crippen LogP contribution >= 0.6 is 11.3 Å². The summed E-state index contributed by atoms with van der Waals surface area (Å²) in [5, 5.41) is 6.38. The fourth-order valence-electron chi connectivity index (χ4n) is 1.70. The molecule has 0 spiro atoms. The van der Waals surface area contributed by atoms with E-state index in [0.29, 0.717) is 6.42 Å². The van der Waals surface area contributed by atoms with Crippen LogP contribution in [0.15, 0.2) is 11.4 Å². The predicted molar refractivity (Wildman–Crippen MR) is 75.2 cm³/mol. The van der Waals surface area contributed by atoms with Crippen LogP contribution in [0.1, 0.15) is 36.1 Å². The number of nitrogens with zero attached hydrogens (tertiary/aromatic N) is 3. The highest BCUT2D eigenvalue weighted by atomic mass is 32.1. The molecule has 0 bridgehead atoms. The summed E-state index contributed by atoms with van der Waals surface area (Å²) in [7, 11) is 0. The zero-order chi connectivity index (χ0) is 13.0. The Hall–Kier alpha value is -1.49. The largest absolute Gasteiger partial charge is 0.370 e. The van der Waals surface area contributed by atoms with E-state index in [1.165, 1.54) is 0 Å². The molecule has 2 heterocycles. The number of nitrogens with one attached hydrogen (secondary N) is 1. The number of aromatic nitrogens is 3. The van der Waals surface area contributed by atoms with E-state index in [1.807, 2.05) is 13.0 Å². The molecule has 18 heavy (non-hydrogen) atoms. The van der Waals surface area contributed by atoms with Crippen LogP contribution in [0.2, 0.25) is 0 Å². The molecule has 0 atom stereocenters. The van der Waals surface area contributed by atoms with E-state index in [-0.39, 0.29) is 0 Å². The molecular formula is C13H18N4S. The summed E-state index contributed by atoms with van der Waals surface area (Å²) in [4.78, 5) is 13.5. The fraction of sp³-hybridized carbons (Fsp3) is 0.462. The van der Waals surface area contributed by atoms with Gasteiger partial charge < -0.3 is 5.32 Å². The van der Waals surface area contributed by atoms with Gasteiger partial charge in [0, 0.05) is 29.4 Å². The molecule has 0 aliphatic rings. The molecule has 2 aromatic heterocycles. The number of hydrogen-bond donors (Lipinski definition) is 1. The van der Waals surface area contributed by atoms with Crippen molar-refractivity contribution in [3.05, 3.63) is 33.7 Å². The third-order valence-electron chi connectivity index (χ3n) is 2.52. The minimum atomic E-state index is 0.713. The van der Waals surface area contributed by atoms with Gasteiger partial charge in [-0.2, -0.15) is 0 Å². The Labute approximate surface area is 112 Å². The lowest BCUT2D eigenvalue weighted by molar-refractivity contribution is 0.896. The van der Waals surface area contributed by atoms with Crippen molar-refractivity contribution in [1.82, 2.24) is 15.0 Å². The third kappa shape index (κ3) is 3.26. The summed E-state index contributed by atoms with van der Waals surface area (Å²) < 4.78 is 0. The van der Waals surface area contributed by atoms with Gasteiger partial charge in [-0.05, 0) is 20.3 Å². The van der Waals surface area contributed by atoms with Gasteiger partial charge in [0.2, 0.25) is 0 Å². The minimum absolute atomic E-state index is 0.713. The van der Waals surface area contributed by atoms with Gasteiger partial charge in [0.05, 0.1) is 6.42 Å². The normalized spacial score (nSPS) is 10.6. The Kier molecular flexibility index (Phi) is 4.25. The van der Waals surface area contributed by atoms with Crippen LogP contribution in [0.5, 0.6) is 0 Å². The summed E-state index contributed by atoms with van der Waals surface area (Å²) in [5.74, 6) is 1.76. The molecule has 5 heteroatoms. The monoisotopic (exact) mass is 262 g/mol. The minimum Gasteiger partial charge on any atom is -0.370 e. The van der Waals surface area contributed by atoms with Gasteiger partial charge in [-0.1, -0.05) is 6.92 Å². The molecule has 0 aromatic carbocycles. The molecular weight excluding hydrogens is 244 g/mol. The lowest BCUT2D eigenvalue weighted by Crippen LogP contribution is -2.06. The topological polar surface area (TPSA) is 50.7 Å². The second-order valence-electron chi connectivity index (χ2n) is 4.10. The molecule has 4 nitrogen and oxygen atoms in total. The predicted octanol–water partition coefficient (Wildman–Crippen LogP) is 2.83. The molecule has 96 valence electrons. The molecule has 2 aromatic rings. The van der Waals surface area contributed by atoms with Crippen molar-refractivity contribution >= 4 is 17.2 Å². The highest BCUT2D eigenvalue weighted by Gasteiger charge is 2.07. The van der Waals surface area contributed by atoms with Crippen molar-refractivity contribution in [2.75, 3.05) is 11.9 Å². The maximum atomic E-state index is 4.55. The number of aryl methyl sites for hydroxylation is 2. The average molecular weight is 262 g/mol. The quantitative estimate of drug-likeness (QED) is 0.900. The van der Waals surface area contributed by atoms with Gasteiger partial charge in [-0.3, -0.25) is 0 Å². The number of hydrogen-bond acceptors (Lipinski definition) is 5. The average Bonchev–Trinajstić information content (AvgIpc) is 2.75. The first-order valence-electron chi connectivity index (χ1n) is 6.23. The zero-order valence-electron chi connectivity index (χ0n) is 11.0. The molecule has 0 saturated heterocycles. The van der Waals surface area contributed by atoms with E-state index in [4.69, 9.17) is 0 Å². The standard InChI is InChI=1S/C13H18N4S/c1-4-10-6-11(14-5-2)17-12(16-10)7-13-15-9(3)8-18-13/h6,8H,4-5,7H2,1-3H3,(H,14,16,17). The molecule has 0 aliphatic heterocycles. The number of anilines is 1. The van der Waals surface area contributed by atoms with Gasteiger partial charge in [0.1, 0.15) is 16.6 Å². The van der Waals surface area contributed by atoms with Gasteiger partial charge in [-0.15, -0.1) is 11.3 Å². The van der Waals surface area contributed by atoms with Gasteiger partial charge in [0.25, 0.3) is 0 Å². The van der Waals surface area contributed by atoms with Crippen LogP contribution in [0.3, 0.4) is 0 Å². The van der Waals surface area contributed by atoms with Gasteiger partial charge in [-0.25, -0.2) is 15.0 Å². The second kappa shape index (κ2) is 5.91. The molecule has 0 radical (unpaired) electrons. The van der Waals surface area contributed by atoms with Crippen molar-refractivity contribution in [3.63, 3.8) is 0 Å². The molecule has 2 rings (SSSR count). The first-order chi connectivity index (χ1) is 8.71. The zero-order valence-corrected chi connectivity index (χ0v) is 11.8. The molecule has 0 saturated carbocycles. The smallest absolute Gasteiger partial charge is 0.137 e. The lowest BCUT2D eigenvalue weighted by atomic mass is 10.3. The van der Waals surface area contributed by atoms with Crippen molar-refractivity contribution in [2.45, 2.75) is 33.6 Å². The van der Waals surface area contributed by atoms with Crippen molar-refractivity contribution in [3.8, 4) is 0 Å². The molecule has 1 N–H and O–H groups in total. The van der Waals surface area contributed by atoms with Crippen LogP contribution in [0.4, 0.5) is 5.82 Å². The lowest BCUT2D eigenvalue weighted by Gasteiger charge is -2.07. The Balaban J connectivity index is 2.23. The summed E-state index contributed by atoms with van der Waals surface area (Å²) in [6.45, 7) is 7.05. The highest BCUT2D eigenvalue weighted by molar-refractivity contribution is 7.09. The van der Waals surface area contributed by atoms with E-state index < -0.39 is 0 Å². The van der Waals surface area contributed by atoms with E-state index in [9.17, 15) is 0 Å².